The number of likely N-dealkylation sites (tertiary alicyclic amines) is 1. The maximum Gasteiger partial charge on any atom is 0.410 e. The van der Waals surface area contributed by atoms with Crippen LogP contribution in [0.5, 0.6) is 0 Å². The Labute approximate surface area is 159 Å². The molecule has 2 unspecified atom stereocenters. The van der Waals surface area contributed by atoms with E-state index < -0.39 is 23.6 Å². The first kappa shape index (κ1) is 22.2. The molecule has 8 heteroatoms. The third-order valence-corrected chi connectivity index (χ3v) is 4.04. The van der Waals surface area contributed by atoms with Gasteiger partial charge in [0.05, 0.1) is 5.92 Å². The Kier molecular flexibility index (Phi) is 7.84. The van der Waals surface area contributed by atoms with Gasteiger partial charge in [-0.2, -0.15) is 0 Å². The average molecular weight is 389 g/mol. The molecule has 6 nitrogen and oxygen atoms in total. The van der Waals surface area contributed by atoms with Crippen molar-refractivity contribution in [1.82, 2.24) is 10.2 Å². The maximum atomic E-state index is 13.2. The fourth-order valence-electron chi connectivity index (χ4n) is 2.83. The summed E-state index contributed by atoms with van der Waals surface area (Å²) < 4.78 is 18.5. The Bertz CT molecular complexity index is 636. The van der Waals surface area contributed by atoms with Crippen LogP contribution < -0.4 is 5.32 Å². The van der Waals surface area contributed by atoms with Gasteiger partial charge in [0.2, 0.25) is 0 Å². The van der Waals surface area contributed by atoms with Crippen LogP contribution in [0.4, 0.5) is 9.18 Å². The van der Waals surface area contributed by atoms with Gasteiger partial charge in [-0.05, 0) is 44.9 Å². The zero-order valence-electron chi connectivity index (χ0n) is 15.2. The maximum absolute atomic E-state index is 13.2. The second-order valence-electron chi connectivity index (χ2n) is 7.28. The van der Waals surface area contributed by atoms with Crippen LogP contribution in [0.15, 0.2) is 24.3 Å². The zero-order valence-corrected chi connectivity index (χ0v) is 16.0. The lowest BCUT2D eigenvalue weighted by molar-refractivity contribution is -0.144. The molecule has 1 amide bonds. The molecule has 1 fully saturated rings. The number of benzene rings is 1. The quantitative estimate of drug-likeness (QED) is 0.828. The summed E-state index contributed by atoms with van der Waals surface area (Å²) in [6.07, 6.45) is -0.00625. The minimum absolute atomic E-state index is 0. The summed E-state index contributed by atoms with van der Waals surface area (Å²) in [4.78, 5) is 25.2. The standard InChI is InChI=1S/C18H25FN2O4.ClH/c1-18(2,3)25-17(24)21-8-7-15(14(11-21)16(22)23)20-10-12-5-4-6-13(19)9-12;/h4-6,9,14-15,20H,7-8,10-11H2,1-3H3,(H,22,23);1H. The number of aliphatic carboxylic acids is 1. The first-order valence-corrected chi connectivity index (χ1v) is 8.34. The van der Waals surface area contributed by atoms with Crippen LogP contribution >= 0.6 is 12.4 Å². The van der Waals surface area contributed by atoms with E-state index in [1.165, 1.54) is 17.0 Å². The van der Waals surface area contributed by atoms with Crippen molar-refractivity contribution >= 4 is 24.5 Å². The van der Waals surface area contributed by atoms with E-state index in [-0.39, 0.29) is 30.8 Å². The number of hydrogen-bond donors (Lipinski definition) is 2. The van der Waals surface area contributed by atoms with Crippen LogP contribution in [-0.2, 0) is 16.1 Å². The summed E-state index contributed by atoms with van der Waals surface area (Å²) in [5, 5.41) is 12.7. The van der Waals surface area contributed by atoms with Gasteiger partial charge in [0.1, 0.15) is 11.4 Å². The minimum atomic E-state index is -0.968. The van der Waals surface area contributed by atoms with Crippen molar-refractivity contribution in [2.75, 3.05) is 13.1 Å². The highest BCUT2D eigenvalue weighted by atomic mass is 35.5. The fourth-order valence-corrected chi connectivity index (χ4v) is 2.83. The highest BCUT2D eigenvalue weighted by molar-refractivity contribution is 5.85. The van der Waals surface area contributed by atoms with Crippen molar-refractivity contribution < 1.29 is 23.8 Å². The molecule has 1 aliphatic rings. The molecule has 2 atom stereocenters. The topological polar surface area (TPSA) is 78.9 Å². The van der Waals surface area contributed by atoms with E-state index in [4.69, 9.17) is 4.74 Å². The molecule has 0 aromatic heterocycles. The van der Waals surface area contributed by atoms with Gasteiger partial charge in [0, 0.05) is 25.7 Å². The molecule has 0 saturated carbocycles. The molecular weight excluding hydrogens is 363 g/mol. The molecule has 1 heterocycles. The number of carbonyl (C=O) groups excluding carboxylic acids is 1. The van der Waals surface area contributed by atoms with Gasteiger partial charge < -0.3 is 20.1 Å². The number of carboxylic acids is 1. The van der Waals surface area contributed by atoms with Gasteiger partial charge in [-0.1, -0.05) is 12.1 Å². The normalized spacial score (nSPS) is 20.2. The number of carbonyl (C=O) groups is 2. The van der Waals surface area contributed by atoms with E-state index in [1.807, 2.05) is 0 Å². The lowest BCUT2D eigenvalue weighted by Gasteiger charge is -2.37. The Morgan fingerprint density at radius 3 is 2.65 bits per heavy atom. The molecule has 146 valence electrons. The number of nitrogens with zero attached hydrogens (tertiary/aromatic N) is 1. The van der Waals surface area contributed by atoms with Crippen LogP contribution in [0.2, 0.25) is 0 Å². The van der Waals surface area contributed by atoms with E-state index in [9.17, 15) is 19.1 Å². The molecular formula is C18H26ClFN2O4. The summed E-state index contributed by atoms with van der Waals surface area (Å²) in [7, 11) is 0. The summed E-state index contributed by atoms with van der Waals surface area (Å²) in [5.74, 6) is -2.03. The first-order chi connectivity index (χ1) is 11.7. The summed E-state index contributed by atoms with van der Waals surface area (Å²) in [6.45, 7) is 6.19. The second-order valence-corrected chi connectivity index (χ2v) is 7.28. The third-order valence-electron chi connectivity index (χ3n) is 4.04. The monoisotopic (exact) mass is 388 g/mol. The molecule has 1 aromatic carbocycles. The molecule has 2 N–H and O–H groups in total. The van der Waals surface area contributed by atoms with E-state index in [0.29, 0.717) is 19.5 Å². The third kappa shape index (κ3) is 6.46. The lowest BCUT2D eigenvalue weighted by Crippen LogP contribution is -2.54. The summed E-state index contributed by atoms with van der Waals surface area (Å²) in [6, 6.07) is 5.88. The van der Waals surface area contributed by atoms with E-state index >= 15 is 0 Å². The lowest BCUT2D eigenvalue weighted by atomic mass is 9.92. The molecule has 1 saturated heterocycles. The number of halogens is 2. The summed E-state index contributed by atoms with van der Waals surface area (Å²) >= 11 is 0. The molecule has 0 spiro atoms. The number of amides is 1. The Balaban J connectivity index is 0.00000338. The number of hydrogen-bond acceptors (Lipinski definition) is 4. The largest absolute Gasteiger partial charge is 0.481 e. The zero-order chi connectivity index (χ0) is 18.6. The van der Waals surface area contributed by atoms with Gasteiger partial charge in [0.25, 0.3) is 0 Å². The van der Waals surface area contributed by atoms with E-state index in [1.54, 1.807) is 32.9 Å². The molecule has 0 bridgehead atoms. The molecule has 26 heavy (non-hydrogen) atoms. The van der Waals surface area contributed by atoms with Gasteiger partial charge in [-0.3, -0.25) is 4.79 Å². The van der Waals surface area contributed by atoms with Crippen LogP contribution in [-0.4, -0.2) is 46.8 Å². The summed E-state index contributed by atoms with van der Waals surface area (Å²) in [5.41, 5.74) is 0.126. The van der Waals surface area contributed by atoms with Crippen molar-refractivity contribution in [3.05, 3.63) is 35.6 Å². The number of rotatable bonds is 4. The van der Waals surface area contributed by atoms with Crippen molar-refractivity contribution in [2.45, 2.75) is 45.4 Å². The van der Waals surface area contributed by atoms with Gasteiger partial charge >= 0.3 is 12.1 Å². The predicted molar refractivity (Wildman–Crippen MR) is 97.8 cm³/mol. The highest BCUT2D eigenvalue weighted by Gasteiger charge is 2.37. The van der Waals surface area contributed by atoms with E-state index in [0.717, 1.165) is 5.56 Å². The molecule has 1 aromatic rings. The van der Waals surface area contributed by atoms with E-state index in [2.05, 4.69) is 5.32 Å². The molecule has 2 rings (SSSR count). The van der Waals surface area contributed by atoms with Crippen molar-refractivity contribution in [2.24, 2.45) is 5.92 Å². The molecule has 1 aliphatic heterocycles. The average Bonchev–Trinajstić information content (AvgIpc) is 2.51. The smallest absolute Gasteiger partial charge is 0.410 e. The van der Waals surface area contributed by atoms with Gasteiger partial charge in [-0.25, -0.2) is 9.18 Å². The Hall–Kier alpha value is -1.86. The van der Waals surface area contributed by atoms with Crippen LogP contribution in [0.3, 0.4) is 0 Å². The van der Waals surface area contributed by atoms with Gasteiger partial charge in [-0.15, -0.1) is 12.4 Å². The first-order valence-electron chi connectivity index (χ1n) is 8.34. The van der Waals surface area contributed by atoms with Crippen molar-refractivity contribution in [3.63, 3.8) is 0 Å². The van der Waals surface area contributed by atoms with Crippen LogP contribution in [0, 0.1) is 11.7 Å². The minimum Gasteiger partial charge on any atom is -0.481 e. The van der Waals surface area contributed by atoms with Crippen molar-refractivity contribution in [1.29, 1.82) is 0 Å². The Morgan fingerprint density at radius 2 is 2.08 bits per heavy atom. The van der Waals surface area contributed by atoms with Crippen molar-refractivity contribution in [3.8, 4) is 0 Å². The number of ether oxygens (including phenoxy) is 1. The highest BCUT2D eigenvalue weighted by Crippen LogP contribution is 2.21. The Morgan fingerprint density at radius 1 is 1.38 bits per heavy atom. The molecule has 0 aliphatic carbocycles. The number of piperidine rings is 1. The van der Waals surface area contributed by atoms with Crippen LogP contribution in [0.25, 0.3) is 0 Å². The number of carboxylic acid groups (broad SMARTS) is 1. The number of nitrogens with one attached hydrogen (secondary N) is 1. The predicted octanol–water partition coefficient (Wildman–Crippen LogP) is 3.05. The fraction of sp³-hybridized carbons (Fsp3) is 0.556. The van der Waals surface area contributed by atoms with Gasteiger partial charge in [0.15, 0.2) is 0 Å². The second kappa shape index (κ2) is 9.19. The SMILES string of the molecule is CC(C)(C)OC(=O)N1CCC(NCc2cccc(F)c2)C(C(=O)O)C1.Cl. The van der Waals surface area contributed by atoms with Crippen LogP contribution in [0.1, 0.15) is 32.8 Å². The molecule has 0 radical (unpaired) electrons.